The van der Waals surface area contributed by atoms with Crippen molar-refractivity contribution in [3.05, 3.63) is 57.8 Å². The van der Waals surface area contributed by atoms with Crippen LogP contribution in [0.25, 0.3) is 0 Å². The molecule has 0 fully saturated rings. The van der Waals surface area contributed by atoms with Gasteiger partial charge < -0.3 is 4.74 Å². The lowest BCUT2D eigenvalue weighted by Gasteiger charge is -2.13. The SMILES string of the molecule is O=C(CCCN1C(=O)c2ccccc2C1=O)OCC(=O)c1cccs1. The van der Waals surface area contributed by atoms with E-state index in [1.165, 1.54) is 11.3 Å². The largest absolute Gasteiger partial charge is 0.457 e. The Labute approximate surface area is 148 Å². The first-order valence-electron chi connectivity index (χ1n) is 7.75. The highest BCUT2D eigenvalue weighted by Crippen LogP contribution is 2.22. The van der Waals surface area contributed by atoms with Crippen molar-refractivity contribution in [2.24, 2.45) is 0 Å². The van der Waals surface area contributed by atoms with Gasteiger partial charge in [-0.15, -0.1) is 11.3 Å². The van der Waals surface area contributed by atoms with Crippen LogP contribution in [0.5, 0.6) is 0 Å². The fourth-order valence-corrected chi connectivity index (χ4v) is 3.20. The van der Waals surface area contributed by atoms with E-state index < -0.39 is 5.97 Å². The number of carbonyl (C=O) groups excluding carboxylic acids is 4. The third kappa shape index (κ3) is 3.66. The number of ketones is 1. The number of fused-ring (bicyclic) bond motifs is 1. The van der Waals surface area contributed by atoms with Gasteiger partial charge in [0.2, 0.25) is 5.78 Å². The minimum absolute atomic E-state index is 0.0329. The first kappa shape index (κ1) is 17.0. The Morgan fingerprint density at radius 1 is 1.00 bits per heavy atom. The summed E-state index contributed by atoms with van der Waals surface area (Å²) in [7, 11) is 0. The van der Waals surface area contributed by atoms with Crippen LogP contribution < -0.4 is 0 Å². The zero-order valence-corrected chi connectivity index (χ0v) is 14.1. The van der Waals surface area contributed by atoms with E-state index in [0.717, 1.165) is 4.90 Å². The van der Waals surface area contributed by atoms with Gasteiger partial charge in [0.25, 0.3) is 11.8 Å². The molecule has 0 unspecified atom stereocenters. The van der Waals surface area contributed by atoms with E-state index in [1.54, 1.807) is 41.8 Å². The molecule has 128 valence electrons. The van der Waals surface area contributed by atoms with E-state index in [0.29, 0.717) is 16.0 Å². The van der Waals surface area contributed by atoms with Crippen LogP contribution in [0, 0.1) is 0 Å². The summed E-state index contributed by atoms with van der Waals surface area (Å²) >= 11 is 1.29. The minimum atomic E-state index is -0.526. The number of ether oxygens (including phenoxy) is 1. The number of hydrogen-bond acceptors (Lipinski definition) is 6. The number of nitrogens with zero attached hydrogens (tertiary/aromatic N) is 1. The Kier molecular flexibility index (Phi) is 5.04. The van der Waals surface area contributed by atoms with Crippen LogP contribution >= 0.6 is 11.3 Å². The van der Waals surface area contributed by atoms with Gasteiger partial charge in [0.05, 0.1) is 16.0 Å². The molecule has 1 aromatic heterocycles. The van der Waals surface area contributed by atoms with E-state index in [-0.39, 0.29) is 43.6 Å². The number of hydrogen-bond donors (Lipinski definition) is 0. The summed E-state index contributed by atoms with van der Waals surface area (Å²) in [6, 6.07) is 10.1. The average Bonchev–Trinajstić information content (AvgIpc) is 3.23. The Balaban J connectivity index is 1.44. The fraction of sp³-hybridized carbons (Fsp3) is 0.222. The summed E-state index contributed by atoms with van der Waals surface area (Å²) in [6.45, 7) is -0.160. The molecule has 7 heteroatoms. The Hall–Kier alpha value is -2.80. The lowest BCUT2D eigenvalue weighted by Crippen LogP contribution is -2.31. The lowest BCUT2D eigenvalue weighted by molar-refractivity contribution is -0.142. The summed E-state index contributed by atoms with van der Waals surface area (Å²) in [6.07, 6.45) is 0.322. The number of carbonyl (C=O) groups is 4. The van der Waals surface area contributed by atoms with Gasteiger partial charge in [-0.3, -0.25) is 24.1 Å². The van der Waals surface area contributed by atoms with Crippen LogP contribution in [0.15, 0.2) is 41.8 Å². The van der Waals surface area contributed by atoms with Crippen molar-refractivity contribution in [2.45, 2.75) is 12.8 Å². The van der Waals surface area contributed by atoms with E-state index in [2.05, 4.69) is 0 Å². The molecule has 2 aromatic rings. The number of benzene rings is 1. The van der Waals surface area contributed by atoms with Crippen LogP contribution in [0.2, 0.25) is 0 Å². The standard InChI is InChI=1S/C18H15NO5S/c20-14(15-7-4-10-25-15)11-24-16(21)8-3-9-19-17(22)12-5-1-2-6-13(12)18(19)23/h1-2,4-7,10H,3,8-9,11H2. The molecule has 1 aromatic carbocycles. The number of thiophene rings is 1. The smallest absolute Gasteiger partial charge is 0.306 e. The Morgan fingerprint density at radius 3 is 2.28 bits per heavy atom. The molecular formula is C18H15NO5S. The second-order valence-corrected chi connectivity index (χ2v) is 6.42. The Bertz CT molecular complexity index is 793. The summed E-state index contributed by atoms with van der Waals surface area (Å²) in [4.78, 5) is 49.5. The summed E-state index contributed by atoms with van der Waals surface area (Å²) in [5, 5.41) is 1.77. The van der Waals surface area contributed by atoms with Crippen LogP contribution in [0.3, 0.4) is 0 Å². The van der Waals surface area contributed by atoms with E-state index in [1.807, 2.05) is 0 Å². The van der Waals surface area contributed by atoms with Crippen LogP contribution in [0.4, 0.5) is 0 Å². The van der Waals surface area contributed by atoms with Gasteiger partial charge in [-0.05, 0) is 30.0 Å². The highest BCUT2D eigenvalue weighted by atomic mass is 32.1. The van der Waals surface area contributed by atoms with Gasteiger partial charge in [0.1, 0.15) is 0 Å². The third-order valence-electron chi connectivity index (χ3n) is 3.80. The molecule has 2 amide bonds. The van der Waals surface area contributed by atoms with Crippen LogP contribution in [-0.4, -0.2) is 41.6 Å². The van der Waals surface area contributed by atoms with Gasteiger partial charge in [0, 0.05) is 13.0 Å². The molecule has 0 saturated heterocycles. The first-order chi connectivity index (χ1) is 12.1. The van der Waals surface area contributed by atoms with Crippen LogP contribution in [-0.2, 0) is 9.53 Å². The van der Waals surface area contributed by atoms with E-state index in [4.69, 9.17) is 4.74 Å². The topological polar surface area (TPSA) is 80.8 Å². The molecule has 25 heavy (non-hydrogen) atoms. The van der Waals surface area contributed by atoms with Crippen LogP contribution in [0.1, 0.15) is 43.2 Å². The third-order valence-corrected chi connectivity index (χ3v) is 4.71. The van der Waals surface area contributed by atoms with Crippen molar-refractivity contribution < 1.29 is 23.9 Å². The fourth-order valence-electron chi connectivity index (χ4n) is 2.55. The van der Waals surface area contributed by atoms with Crippen molar-refractivity contribution >= 4 is 34.9 Å². The number of amides is 2. The summed E-state index contributed by atoms with van der Waals surface area (Å²) in [5.74, 6) is -1.46. The van der Waals surface area contributed by atoms with E-state index >= 15 is 0 Å². The number of imide groups is 1. The predicted molar refractivity (Wildman–Crippen MR) is 90.7 cm³/mol. The quantitative estimate of drug-likeness (QED) is 0.432. The number of Topliss-reactive ketones (excluding diaryl/α,β-unsaturated/α-hetero) is 1. The molecule has 0 atom stereocenters. The molecule has 3 rings (SSSR count). The molecule has 0 bridgehead atoms. The van der Waals surface area contributed by atoms with Crippen molar-refractivity contribution in [3.63, 3.8) is 0 Å². The van der Waals surface area contributed by atoms with E-state index in [9.17, 15) is 19.2 Å². The van der Waals surface area contributed by atoms with Crippen molar-refractivity contribution in [1.82, 2.24) is 4.90 Å². The number of rotatable bonds is 7. The monoisotopic (exact) mass is 357 g/mol. The average molecular weight is 357 g/mol. The van der Waals surface area contributed by atoms with Gasteiger partial charge in [-0.2, -0.15) is 0 Å². The highest BCUT2D eigenvalue weighted by Gasteiger charge is 2.34. The van der Waals surface area contributed by atoms with Crippen molar-refractivity contribution in [1.29, 1.82) is 0 Å². The van der Waals surface area contributed by atoms with Crippen molar-refractivity contribution in [3.8, 4) is 0 Å². The van der Waals surface area contributed by atoms with Gasteiger partial charge in [-0.1, -0.05) is 18.2 Å². The van der Waals surface area contributed by atoms with Gasteiger partial charge in [0.15, 0.2) is 6.61 Å². The molecule has 1 aliphatic rings. The molecule has 0 saturated carbocycles. The summed E-state index contributed by atoms with van der Waals surface area (Å²) < 4.78 is 4.94. The van der Waals surface area contributed by atoms with Gasteiger partial charge in [-0.25, -0.2) is 0 Å². The van der Waals surface area contributed by atoms with Gasteiger partial charge >= 0.3 is 5.97 Å². The minimum Gasteiger partial charge on any atom is -0.457 e. The van der Waals surface area contributed by atoms with Crippen molar-refractivity contribution in [2.75, 3.05) is 13.2 Å². The molecule has 2 heterocycles. The first-order valence-corrected chi connectivity index (χ1v) is 8.63. The lowest BCUT2D eigenvalue weighted by atomic mass is 10.1. The predicted octanol–water partition coefficient (Wildman–Crippen LogP) is 2.55. The Morgan fingerprint density at radius 2 is 1.68 bits per heavy atom. The molecule has 0 spiro atoms. The molecule has 0 radical (unpaired) electrons. The maximum atomic E-state index is 12.2. The zero-order chi connectivity index (χ0) is 17.8. The maximum absolute atomic E-state index is 12.2. The normalized spacial score (nSPS) is 13.0. The molecule has 6 nitrogen and oxygen atoms in total. The maximum Gasteiger partial charge on any atom is 0.306 e. The summed E-state index contributed by atoms with van der Waals surface area (Å²) in [5.41, 5.74) is 0.772. The second-order valence-electron chi connectivity index (χ2n) is 5.47. The molecule has 0 aliphatic carbocycles. The molecular weight excluding hydrogens is 342 g/mol. The molecule has 1 aliphatic heterocycles. The highest BCUT2D eigenvalue weighted by molar-refractivity contribution is 7.12. The number of esters is 1. The molecule has 0 N–H and O–H groups in total. The second kappa shape index (κ2) is 7.40. The zero-order valence-electron chi connectivity index (χ0n) is 13.3.